The highest BCUT2D eigenvalue weighted by molar-refractivity contribution is 5.81. The van der Waals surface area contributed by atoms with Gasteiger partial charge in [-0.3, -0.25) is 0 Å². The summed E-state index contributed by atoms with van der Waals surface area (Å²) in [7, 11) is 0. The molecule has 5 rings (SSSR count). The topological polar surface area (TPSA) is 72.3 Å². The minimum Gasteiger partial charge on any atom is -0.340 e. The average molecular weight is 413 g/mol. The summed E-state index contributed by atoms with van der Waals surface area (Å²) in [6.07, 6.45) is 5.35. The smallest absolute Gasteiger partial charge is 0.254 e. The molecule has 0 spiro atoms. The van der Waals surface area contributed by atoms with Crippen LogP contribution >= 0.6 is 0 Å². The van der Waals surface area contributed by atoms with Gasteiger partial charge < -0.3 is 10.6 Å². The van der Waals surface area contributed by atoms with Crippen LogP contribution in [0.25, 0.3) is 28.2 Å². The molecule has 0 amide bonds. The fourth-order valence-corrected chi connectivity index (χ4v) is 4.31. The maximum absolute atomic E-state index is 6.52. The van der Waals surface area contributed by atoms with Gasteiger partial charge >= 0.3 is 0 Å². The van der Waals surface area contributed by atoms with E-state index < -0.39 is 0 Å². The van der Waals surface area contributed by atoms with Crippen molar-refractivity contribution in [2.24, 2.45) is 5.73 Å². The summed E-state index contributed by atoms with van der Waals surface area (Å²) in [5.74, 6) is 1.31. The molecule has 2 heterocycles. The first-order valence-corrected chi connectivity index (χ1v) is 11.1. The van der Waals surface area contributed by atoms with Crippen LogP contribution in [0.2, 0.25) is 0 Å². The quantitative estimate of drug-likeness (QED) is 0.499. The van der Waals surface area contributed by atoms with Gasteiger partial charge in [0.05, 0.1) is 5.69 Å². The SMILES string of the molecule is CCN(CC)c1nc2nc(-c3ccc(C4(N)CCC4)cc3)c(-c3ccccc3)cn2n1. The number of benzene rings is 2. The summed E-state index contributed by atoms with van der Waals surface area (Å²) >= 11 is 0. The molecule has 0 aliphatic heterocycles. The van der Waals surface area contributed by atoms with Crippen molar-refractivity contribution in [2.45, 2.75) is 38.6 Å². The molecular formula is C25H28N6. The number of hydrogen-bond acceptors (Lipinski definition) is 5. The fourth-order valence-electron chi connectivity index (χ4n) is 4.31. The van der Waals surface area contributed by atoms with Gasteiger partial charge in [0.1, 0.15) is 0 Å². The molecule has 1 saturated carbocycles. The first-order chi connectivity index (χ1) is 15.1. The van der Waals surface area contributed by atoms with Crippen LogP contribution in [0.15, 0.2) is 60.8 Å². The number of fused-ring (bicyclic) bond motifs is 1. The van der Waals surface area contributed by atoms with Crippen LogP contribution < -0.4 is 10.6 Å². The average Bonchev–Trinajstić information content (AvgIpc) is 3.21. The van der Waals surface area contributed by atoms with Gasteiger partial charge in [-0.15, -0.1) is 5.10 Å². The minimum absolute atomic E-state index is 0.163. The Morgan fingerprint density at radius 1 is 0.935 bits per heavy atom. The molecule has 1 aliphatic rings. The lowest BCUT2D eigenvalue weighted by molar-refractivity contribution is 0.253. The molecule has 0 radical (unpaired) electrons. The number of nitrogens with zero attached hydrogens (tertiary/aromatic N) is 5. The van der Waals surface area contributed by atoms with Gasteiger partial charge in [0, 0.05) is 36.0 Å². The molecule has 0 unspecified atom stereocenters. The molecule has 1 fully saturated rings. The van der Waals surface area contributed by atoms with Crippen LogP contribution in [0, 0.1) is 0 Å². The van der Waals surface area contributed by atoms with Crippen molar-refractivity contribution in [3.05, 3.63) is 66.4 Å². The number of nitrogens with two attached hydrogens (primary N) is 1. The van der Waals surface area contributed by atoms with Gasteiger partial charge in [-0.1, -0.05) is 54.6 Å². The molecule has 0 bridgehead atoms. The third-order valence-corrected chi connectivity index (χ3v) is 6.43. The van der Waals surface area contributed by atoms with Crippen LogP contribution in [0.4, 0.5) is 5.95 Å². The Kier molecular flexibility index (Phi) is 4.94. The van der Waals surface area contributed by atoms with Crippen LogP contribution in [-0.2, 0) is 5.54 Å². The summed E-state index contributed by atoms with van der Waals surface area (Å²) in [6.45, 7) is 5.93. The molecule has 6 heteroatoms. The molecule has 31 heavy (non-hydrogen) atoms. The molecule has 2 N–H and O–H groups in total. The standard InChI is InChI=1S/C25H28N6/c1-3-30(4-2)24-28-23-27-22(19-11-13-20(14-12-19)25(26)15-8-16-25)21(17-31(23)29-24)18-9-6-5-7-10-18/h5-7,9-14,17H,3-4,8,15-16,26H2,1-2H3. The van der Waals surface area contributed by atoms with Gasteiger partial charge in [0.15, 0.2) is 0 Å². The van der Waals surface area contributed by atoms with Crippen LogP contribution in [-0.4, -0.2) is 32.7 Å². The van der Waals surface area contributed by atoms with E-state index in [1.54, 1.807) is 4.52 Å². The highest BCUT2D eigenvalue weighted by Crippen LogP contribution is 2.39. The van der Waals surface area contributed by atoms with Crippen molar-refractivity contribution in [3.8, 4) is 22.4 Å². The van der Waals surface area contributed by atoms with Gasteiger partial charge in [-0.05, 0) is 44.2 Å². The lowest BCUT2D eigenvalue weighted by atomic mass is 9.72. The summed E-state index contributed by atoms with van der Waals surface area (Å²) in [6, 6.07) is 18.9. The van der Waals surface area contributed by atoms with Crippen molar-refractivity contribution in [2.75, 3.05) is 18.0 Å². The number of hydrogen-bond donors (Lipinski definition) is 1. The van der Waals surface area contributed by atoms with Gasteiger partial charge in [-0.25, -0.2) is 9.50 Å². The van der Waals surface area contributed by atoms with Gasteiger partial charge in [-0.2, -0.15) is 4.98 Å². The van der Waals surface area contributed by atoms with Crippen molar-refractivity contribution >= 4 is 11.7 Å². The van der Waals surface area contributed by atoms with E-state index in [4.69, 9.17) is 20.8 Å². The summed E-state index contributed by atoms with van der Waals surface area (Å²) in [5, 5.41) is 4.69. The summed E-state index contributed by atoms with van der Waals surface area (Å²) in [5.41, 5.74) is 11.7. The summed E-state index contributed by atoms with van der Waals surface area (Å²) < 4.78 is 1.79. The molecule has 6 nitrogen and oxygen atoms in total. The second kappa shape index (κ2) is 7.78. The van der Waals surface area contributed by atoms with E-state index in [2.05, 4.69) is 55.1 Å². The maximum Gasteiger partial charge on any atom is 0.254 e. The Hall–Kier alpha value is -3.25. The van der Waals surface area contributed by atoms with E-state index in [9.17, 15) is 0 Å². The van der Waals surface area contributed by atoms with Crippen LogP contribution in [0.1, 0.15) is 38.7 Å². The van der Waals surface area contributed by atoms with Crippen molar-refractivity contribution in [1.29, 1.82) is 0 Å². The molecule has 2 aromatic carbocycles. The molecule has 2 aromatic heterocycles. The van der Waals surface area contributed by atoms with E-state index in [1.165, 1.54) is 12.0 Å². The second-order valence-corrected chi connectivity index (χ2v) is 8.28. The maximum atomic E-state index is 6.52. The zero-order valence-corrected chi connectivity index (χ0v) is 18.1. The van der Waals surface area contributed by atoms with E-state index in [0.717, 1.165) is 48.3 Å². The predicted molar refractivity (Wildman–Crippen MR) is 125 cm³/mol. The van der Waals surface area contributed by atoms with Crippen molar-refractivity contribution < 1.29 is 0 Å². The van der Waals surface area contributed by atoms with E-state index >= 15 is 0 Å². The number of rotatable bonds is 6. The highest BCUT2D eigenvalue weighted by atomic mass is 15.4. The van der Waals surface area contributed by atoms with E-state index in [1.807, 2.05) is 24.4 Å². The molecule has 0 saturated heterocycles. The fraction of sp³-hybridized carbons (Fsp3) is 0.320. The first-order valence-electron chi connectivity index (χ1n) is 11.1. The van der Waals surface area contributed by atoms with Crippen LogP contribution in [0.3, 0.4) is 0 Å². The van der Waals surface area contributed by atoms with Crippen molar-refractivity contribution in [1.82, 2.24) is 19.6 Å². The minimum atomic E-state index is -0.163. The molecule has 1 aliphatic carbocycles. The molecule has 158 valence electrons. The zero-order chi connectivity index (χ0) is 21.4. The number of anilines is 1. The van der Waals surface area contributed by atoms with Crippen molar-refractivity contribution in [3.63, 3.8) is 0 Å². The third kappa shape index (κ3) is 3.47. The second-order valence-electron chi connectivity index (χ2n) is 8.28. The molecule has 0 atom stereocenters. The van der Waals surface area contributed by atoms with Gasteiger partial charge in [0.2, 0.25) is 5.95 Å². The Morgan fingerprint density at radius 3 is 2.26 bits per heavy atom. The van der Waals surface area contributed by atoms with E-state index in [-0.39, 0.29) is 5.54 Å². The van der Waals surface area contributed by atoms with Gasteiger partial charge in [0.25, 0.3) is 5.78 Å². The lowest BCUT2D eigenvalue weighted by Gasteiger charge is -2.38. The monoisotopic (exact) mass is 412 g/mol. The molecular weight excluding hydrogens is 384 g/mol. The first kappa shape index (κ1) is 19.7. The Balaban J connectivity index is 1.64. The predicted octanol–water partition coefficient (Wildman–Crippen LogP) is 4.64. The van der Waals surface area contributed by atoms with Crippen LogP contribution in [0.5, 0.6) is 0 Å². The largest absolute Gasteiger partial charge is 0.340 e. The lowest BCUT2D eigenvalue weighted by Crippen LogP contribution is -2.43. The molecule has 4 aromatic rings. The zero-order valence-electron chi connectivity index (χ0n) is 18.1. The Bertz CT molecular complexity index is 1190. The van der Waals surface area contributed by atoms with E-state index in [0.29, 0.717) is 11.7 Å². The third-order valence-electron chi connectivity index (χ3n) is 6.43. The number of aromatic nitrogens is 4. The Labute approximate surface area is 182 Å². The normalized spacial score (nSPS) is 15.1. The summed E-state index contributed by atoms with van der Waals surface area (Å²) in [4.78, 5) is 11.8. The highest BCUT2D eigenvalue weighted by Gasteiger charge is 2.34. The Morgan fingerprint density at radius 2 is 1.65 bits per heavy atom.